The number of amides is 2. The standard InChI is InChI=1S/C24H23BrN2O3/c1-15-12-19(25)13-16(2)22(15)30-17(3)23(28)26-20-10-7-11-21(14-20)27-24(29)18-8-5-4-6-9-18/h4-14,17H,1-3H3,(H,26,28)(H,27,29). The van der Waals surface area contributed by atoms with Crippen LogP contribution in [-0.4, -0.2) is 17.9 Å². The second-order valence-corrected chi connectivity index (χ2v) is 7.93. The highest BCUT2D eigenvalue weighted by molar-refractivity contribution is 9.10. The van der Waals surface area contributed by atoms with Gasteiger partial charge in [0, 0.05) is 21.4 Å². The zero-order valence-corrected chi connectivity index (χ0v) is 18.6. The van der Waals surface area contributed by atoms with E-state index in [1.54, 1.807) is 43.3 Å². The first-order valence-corrected chi connectivity index (χ1v) is 10.3. The molecule has 0 bridgehead atoms. The maximum atomic E-state index is 12.6. The minimum Gasteiger partial charge on any atom is -0.480 e. The van der Waals surface area contributed by atoms with Crippen molar-refractivity contribution in [3.05, 3.63) is 87.9 Å². The number of ether oxygens (including phenoxy) is 1. The van der Waals surface area contributed by atoms with Gasteiger partial charge in [0.25, 0.3) is 11.8 Å². The highest BCUT2D eigenvalue weighted by Gasteiger charge is 2.18. The predicted octanol–water partition coefficient (Wildman–Crippen LogP) is 5.72. The second kappa shape index (κ2) is 9.59. The third-order valence-corrected chi connectivity index (χ3v) is 4.97. The molecule has 30 heavy (non-hydrogen) atoms. The van der Waals surface area contributed by atoms with Crippen LogP contribution in [0.3, 0.4) is 0 Å². The maximum Gasteiger partial charge on any atom is 0.265 e. The largest absolute Gasteiger partial charge is 0.480 e. The van der Waals surface area contributed by atoms with Gasteiger partial charge in [-0.15, -0.1) is 0 Å². The molecule has 1 atom stereocenters. The van der Waals surface area contributed by atoms with Crippen molar-refractivity contribution in [3.8, 4) is 5.75 Å². The molecule has 3 aromatic carbocycles. The zero-order chi connectivity index (χ0) is 21.7. The molecule has 0 aromatic heterocycles. The highest BCUT2D eigenvalue weighted by atomic mass is 79.9. The molecule has 0 saturated carbocycles. The summed E-state index contributed by atoms with van der Waals surface area (Å²) in [6, 6.07) is 19.9. The van der Waals surface area contributed by atoms with Crippen molar-refractivity contribution in [1.29, 1.82) is 0 Å². The molecule has 0 spiro atoms. The second-order valence-electron chi connectivity index (χ2n) is 7.02. The summed E-state index contributed by atoms with van der Waals surface area (Å²) in [6.07, 6.45) is -0.689. The van der Waals surface area contributed by atoms with Crippen LogP contribution in [0.25, 0.3) is 0 Å². The normalized spacial score (nSPS) is 11.5. The van der Waals surface area contributed by atoms with Crippen molar-refractivity contribution in [1.82, 2.24) is 0 Å². The Morgan fingerprint density at radius 1 is 0.867 bits per heavy atom. The van der Waals surface area contributed by atoms with E-state index in [0.717, 1.165) is 15.6 Å². The SMILES string of the molecule is Cc1cc(Br)cc(C)c1OC(C)C(=O)Nc1cccc(NC(=O)c2ccccc2)c1. The van der Waals surface area contributed by atoms with E-state index >= 15 is 0 Å². The van der Waals surface area contributed by atoms with Crippen LogP contribution in [0.2, 0.25) is 0 Å². The Balaban J connectivity index is 1.65. The minimum atomic E-state index is -0.689. The van der Waals surface area contributed by atoms with E-state index in [4.69, 9.17) is 4.74 Å². The molecule has 0 aliphatic carbocycles. The van der Waals surface area contributed by atoms with Crippen molar-refractivity contribution >= 4 is 39.1 Å². The summed E-state index contributed by atoms with van der Waals surface area (Å²) in [5, 5.41) is 5.68. The summed E-state index contributed by atoms with van der Waals surface area (Å²) in [5.41, 5.74) is 3.63. The topological polar surface area (TPSA) is 67.4 Å². The van der Waals surface area contributed by atoms with Crippen LogP contribution >= 0.6 is 15.9 Å². The predicted molar refractivity (Wildman–Crippen MR) is 123 cm³/mol. The monoisotopic (exact) mass is 466 g/mol. The van der Waals surface area contributed by atoms with Gasteiger partial charge in [0.05, 0.1) is 0 Å². The molecule has 3 aromatic rings. The van der Waals surface area contributed by atoms with Gasteiger partial charge in [-0.3, -0.25) is 9.59 Å². The number of carbonyl (C=O) groups excluding carboxylic acids is 2. The molecule has 0 fully saturated rings. The lowest BCUT2D eigenvalue weighted by molar-refractivity contribution is -0.122. The average molecular weight is 467 g/mol. The van der Waals surface area contributed by atoms with E-state index < -0.39 is 6.10 Å². The number of hydrogen-bond donors (Lipinski definition) is 2. The third kappa shape index (κ3) is 5.48. The third-order valence-electron chi connectivity index (χ3n) is 4.51. The number of benzene rings is 3. The molecule has 0 radical (unpaired) electrons. The van der Waals surface area contributed by atoms with E-state index in [1.165, 1.54) is 0 Å². The number of rotatable bonds is 6. The average Bonchev–Trinajstić information content (AvgIpc) is 2.71. The van der Waals surface area contributed by atoms with Crippen molar-refractivity contribution in [2.24, 2.45) is 0 Å². The Bertz CT molecular complexity index is 1040. The van der Waals surface area contributed by atoms with Crippen LogP contribution in [0.15, 0.2) is 71.2 Å². The van der Waals surface area contributed by atoms with Gasteiger partial charge in [-0.05, 0) is 74.4 Å². The molecule has 154 valence electrons. The Morgan fingerprint density at radius 2 is 1.47 bits per heavy atom. The molecule has 0 aliphatic rings. The molecular formula is C24H23BrN2O3. The molecule has 3 rings (SSSR count). The van der Waals surface area contributed by atoms with Crippen LogP contribution in [0.5, 0.6) is 5.75 Å². The van der Waals surface area contributed by atoms with Crippen molar-refractivity contribution < 1.29 is 14.3 Å². The van der Waals surface area contributed by atoms with Crippen LogP contribution in [0.4, 0.5) is 11.4 Å². The van der Waals surface area contributed by atoms with Gasteiger partial charge in [-0.2, -0.15) is 0 Å². The van der Waals surface area contributed by atoms with Crippen molar-refractivity contribution in [2.75, 3.05) is 10.6 Å². The minimum absolute atomic E-state index is 0.211. The van der Waals surface area contributed by atoms with Gasteiger partial charge >= 0.3 is 0 Å². The fraction of sp³-hybridized carbons (Fsp3) is 0.167. The fourth-order valence-corrected chi connectivity index (χ4v) is 3.71. The quantitative estimate of drug-likeness (QED) is 0.487. The van der Waals surface area contributed by atoms with Gasteiger partial charge in [0.1, 0.15) is 5.75 Å². The van der Waals surface area contributed by atoms with Crippen molar-refractivity contribution in [3.63, 3.8) is 0 Å². The number of anilines is 2. The summed E-state index contributed by atoms with van der Waals surface area (Å²) in [4.78, 5) is 25.0. The number of aryl methyl sites for hydroxylation is 2. The van der Waals surface area contributed by atoms with E-state index in [1.807, 2.05) is 44.2 Å². The molecule has 5 nitrogen and oxygen atoms in total. The summed E-state index contributed by atoms with van der Waals surface area (Å²) in [7, 11) is 0. The lowest BCUT2D eigenvalue weighted by atomic mass is 10.1. The number of nitrogens with one attached hydrogen (secondary N) is 2. The summed E-state index contributed by atoms with van der Waals surface area (Å²) >= 11 is 3.46. The van der Waals surface area contributed by atoms with E-state index in [2.05, 4.69) is 26.6 Å². The van der Waals surface area contributed by atoms with E-state index in [-0.39, 0.29) is 11.8 Å². The van der Waals surface area contributed by atoms with Gasteiger partial charge in [-0.25, -0.2) is 0 Å². The Labute approximate surface area is 184 Å². The molecule has 1 unspecified atom stereocenters. The molecule has 0 heterocycles. The van der Waals surface area contributed by atoms with Gasteiger partial charge < -0.3 is 15.4 Å². The van der Waals surface area contributed by atoms with Crippen LogP contribution in [0, 0.1) is 13.8 Å². The molecule has 2 N–H and O–H groups in total. The summed E-state index contributed by atoms with van der Waals surface area (Å²) < 4.78 is 6.88. The maximum absolute atomic E-state index is 12.6. The number of carbonyl (C=O) groups is 2. The molecule has 6 heteroatoms. The van der Waals surface area contributed by atoms with Crippen LogP contribution < -0.4 is 15.4 Å². The summed E-state index contributed by atoms with van der Waals surface area (Å²) in [5.74, 6) is 0.213. The van der Waals surface area contributed by atoms with Gasteiger partial charge in [0.15, 0.2) is 6.10 Å². The lowest BCUT2D eigenvalue weighted by Crippen LogP contribution is -2.30. The van der Waals surface area contributed by atoms with E-state index in [0.29, 0.717) is 22.7 Å². The van der Waals surface area contributed by atoms with E-state index in [9.17, 15) is 9.59 Å². The molecular weight excluding hydrogens is 444 g/mol. The lowest BCUT2D eigenvalue weighted by Gasteiger charge is -2.18. The first-order chi connectivity index (χ1) is 14.3. The molecule has 0 aliphatic heterocycles. The summed E-state index contributed by atoms with van der Waals surface area (Å²) in [6.45, 7) is 5.59. The fourth-order valence-electron chi connectivity index (χ4n) is 3.03. The first-order valence-electron chi connectivity index (χ1n) is 9.54. The number of halogens is 1. The van der Waals surface area contributed by atoms with Crippen LogP contribution in [0.1, 0.15) is 28.4 Å². The van der Waals surface area contributed by atoms with Gasteiger partial charge in [-0.1, -0.05) is 40.2 Å². The highest BCUT2D eigenvalue weighted by Crippen LogP contribution is 2.28. The van der Waals surface area contributed by atoms with Crippen molar-refractivity contribution in [2.45, 2.75) is 26.9 Å². The van der Waals surface area contributed by atoms with Crippen LogP contribution in [-0.2, 0) is 4.79 Å². The Morgan fingerprint density at radius 3 is 2.10 bits per heavy atom. The van der Waals surface area contributed by atoms with Gasteiger partial charge in [0.2, 0.25) is 0 Å². The Hall–Kier alpha value is -3.12. The zero-order valence-electron chi connectivity index (χ0n) is 17.0. The first kappa shape index (κ1) is 21.6. The molecule has 0 saturated heterocycles. The number of hydrogen-bond acceptors (Lipinski definition) is 3. The smallest absolute Gasteiger partial charge is 0.265 e. The molecule has 2 amide bonds. The Kier molecular flexibility index (Phi) is 6.90.